The molecule has 0 aliphatic heterocycles. The molecule has 0 aromatic carbocycles. The third kappa shape index (κ3) is 6.08. The fourth-order valence-electron chi connectivity index (χ4n) is 0.355. The molecule has 0 aromatic heterocycles. The average Bonchev–Trinajstić information content (AvgIpc) is 1.88. The van der Waals surface area contributed by atoms with Crippen LogP contribution in [-0.4, -0.2) is 30.1 Å². The zero-order valence-corrected chi connectivity index (χ0v) is 7.60. The molecule has 0 rings (SSSR count). The molecule has 0 aliphatic rings. The zero-order valence-electron chi connectivity index (χ0n) is 5.97. The van der Waals surface area contributed by atoms with E-state index < -0.39 is 10.1 Å². The van der Waals surface area contributed by atoms with E-state index in [9.17, 15) is 8.42 Å². The van der Waals surface area contributed by atoms with Crippen molar-refractivity contribution < 1.29 is 13.0 Å². The van der Waals surface area contributed by atoms with Gasteiger partial charge in [0.05, 0.1) is 0 Å². The van der Waals surface area contributed by atoms with Crippen LogP contribution in [0.4, 0.5) is 0 Å². The number of aliphatic imine (C=N–C) groups is 1. The second-order valence-electron chi connectivity index (χ2n) is 1.63. The third-order valence-corrected chi connectivity index (χ3v) is 1.97. The van der Waals surface area contributed by atoms with Crippen LogP contribution < -0.4 is 0 Å². The van der Waals surface area contributed by atoms with Gasteiger partial charge >= 0.3 is 10.1 Å². The van der Waals surface area contributed by atoms with E-state index in [0.717, 1.165) is 0 Å². The lowest BCUT2D eigenvalue weighted by Crippen LogP contribution is -2.01. The zero-order chi connectivity index (χ0) is 8.91. The maximum absolute atomic E-state index is 10.1. The van der Waals surface area contributed by atoms with Gasteiger partial charge in [-0.15, -0.1) is 18.3 Å². The van der Waals surface area contributed by atoms with Crippen LogP contribution in [0.3, 0.4) is 0 Å². The number of hydrogen-bond donors (Lipinski definition) is 1. The van der Waals surface area contributed by atoms with Crippen molar-refractivity contribution in [2.45, 2.75) is 5.37 Å². The van der Waals surface area contributed by atoms with Gasteiger partial charge in [-0.1, -0.05) is 6.08 Å². The van der Waals surface area contributed by atoms with E-state index in [1.54, 1.807) is 6.26 Å². The van der Waals surface area contributed by atoms with Crippen LogP contribution in [0.1, 0.15) is 0 Å². The second kappa shape index (κ2) is 4.53. The van der Waals surface area contributed by atoms with E-state index >= 15 is 0 Å². The molecule has 0 amide bonds. The van der Waals surface area contributed by atoms with E-state index in [1.807, 2.05) is 0 Å². The minimum absolute atomic E-state index is 0.322. The highest BCUT2D eigenvalue weighted by Gasteiger charge is 2.00. The Labute approximate surface area is 70.2 Å². The summed E-state index contributed by atoms with van der Waals surface area (Å²) >= 11 is 1.32. The average molecular weight is 195 g/mol. The summed E-state index contributed by atoms with van der Waals surface area (Å²) in [5.74, 6) is 0. The quantitative estimate of drug-likeness (QED) is 0.311. The van der Waals surface area contributed by atoms with Gasteiger partial charge in [-0.25, -0.2) is 0 Å². The van der Waals surface area contributed by atoms with Crippen molar-refractivity contribution in [2.75, 3.05) is 6.26 Å². The molecule has 1 unspecified atom stereocenters. The molecule has 4 nitrogen and oxygen atoms in total. The number of nitrogens with zero attached hydrogens (tertiary/aromatic N) is 1. The first-order chi connectivity index (χ1) is 4.99. The molecule has 1 atom stereocenters. The number of rotatable bonds is 4. The van der Waals surface area contributed by atoms with E-state index in [2.05, 4.69) is 11.6 Å². The van der Waals surface area contributed by atoms with Gasteiger partial charge < -0.3 is 0 Å². The monoisotopic (exact) mass is 195 g/mol. The normalized spacial score (nSPS) is 15.1. The predicted octanol–water partition coefficient (Wildman–Crippen LogP) is 0.778. The SMILES string of the molecule is C=CC(N=CS(=O)(=O)O)SC. The molecule has 0 radical (unpaired) electrons. The Morgan fingerprint density at radius 1 is 1.73 bits per heavy atom. The molecule has 0 spiro atoms. The molecule has 64 valence electrons. The Kier molecular flexibility index (Phi) is 4.39. The number of hydrogen-bond acceptors (Lipinski definition) is 4. The Balaban J connectivity index is 4.22. The lowest BCUT2D eigenvalue weighted by molar-refractivity contribution is 0.499. The van der Waals surface area contributed by atoms with Gasteiger partial charge in [-0.05, 0) is 6.26 Å². The van der Waals surface area contributed by atoms with Gasteiger partial charge in [-0.3, -0.25) is 9.55 Å². The van der Waals surface area contributed by atoms with E-state index in [1.165, 1.54) is 17.8 Å². The van der Waals surface area contributed by atoms with E-state index in [-0.39, 0.29) is 5.37 Å². The maximum Gasteiger partial charge on any atom is 0.304 e. The first-order valence-corrected chi connectivity index (χ1v) is 5.44. The second-order valence-corrected chi connectivity index (χ2v) is 3.83. The van der Waals surface area contributed by atoms with Crippen LogP contribution in [0.5, 0.6) is 0 Å². The smallest absolute Gasteiger partial charge is 0.281 e. The molecular weight excluding hydrogens is 186 g/mol. The summed E-state index contributed by atoms with van der Waals surface area (Å²) in [5, 5.41) is -0.322. The van der Waals surface area contributed by atoms with Gasteiger partial charge in [0.2, 0.25) is 0 Å². The van der Waals surface area contributed by atoms with Crippen molar-refractivity contribution in [3.05, 3.63) is 12.7 Å². The Morgan fingerprint density at radius 2 is 2.27 bits per heavy atom. The molecule has 1 N–H and O–H groups in total. The van der Waals surface area contributed by atoms with Gasteiger partial charge in [0.1, 0.15) is 10.9 Å². The summed E-state index contributed by atoms with van der Waals surface area (Å²) in [4.78, 5) is 3.51. The molecule has 0 aromatic rings. The van der Waals surface area contributed by atoms with Crippen molar-refractivity contribution in [3.63, 3.8) is 0 Å². The highest BCUT2D eigenvalue weighted by atomic mass is 32.2. The van der Waals surface area contributed by atoms with Crippen molar-refractivity contribution in [1.82, 2.24) is 0 Å². The molecule has 6 heteroatoms. The lowest BCUT2D eigenvalue weighted by Gasteiger charge is -1.98. The summed E-state index contributed by atoms with van der Waals surface area (Å²) in [6.07, 6.45) is 3.24. The van der Waals surface area contributed by atoms with E-state index in [0.29, 0.717) is 5.55 Å². The van der Waals surface area contributed by atoms with E-state index in [4.69, 9.17) is 4.55 Å². The highest BCUT2D eigenvalue weighted by molar-refractivity contribution is 8.00. The van der Waals surface area contributed by atoms with Crippen molar-refractivity contribution >= 4 is 27.4 Å². The third-order valence-electron chi connectivity index (χ3n) is 0.784. The van der Waals surface area contributed by atoms with Crippen molar-refractivity contribution in [2.24, 2.45) is 4.99 Å². The summed E-state index contributed by atoms with van der Waals surface area (Å²) < 4.78 is 28.5. The van der Waals surface area contributed by atoms with Crippen LogP contribution in [0.2, 0.25) is 0 Å². The Bertz CT molecular complexity index is 244. The summed E-state index contributed by atoms with van der Waals surface area (Å²) in [5.41, 5.74) is 0.510. The Hall–Kier alpha value is -0.330. The highest BCUT2D eigenvalue weighted by Crippen LogP contribution is 2.07. The fraction of sp³-hybridized carbons (Fsp3) is 0.400. The fourth-order valence-corrected chi connectivity index (χ4v) is 1.09. The van der Waals surface area contributed by atoms with Crippen molar-refractivity contribution in [3.8, 4) is 0 Å². The number of thioether (sulfide) groups is 1. The minimum Gasteiger partial charge on any atom is -0.281 e. The maximum atomic E-state index is 10.1. The molecule has 0 aliphatic carbocycles. The molecule has 0 fully saturated rings. The van der Waals surface area contributed by atoms with Crippen LogP contribution >= 0.6 is 11.8 Å². The van der Waals surface area contributed by atoms with Gasteiger partial charge in [0, 0.05) is 0 Å². The molecule has 0 saturated heterocycles. The van der Waals surface area contributed by atoms with Crippen LogP contribution in [-0.2, 0) is 10.1 Å². The summed E-state index contributed by atoms with van der Waals surface area (Å²) in [6.45, 7) is 3.42. The minimum atomic E-state index is -4.09. The topological polar surface area (TPSA) is 66.7 Å². The van der Waals surface area contributed by atoms with Gasteiger partial charge in [0.15, 0.2) is 0 Å². The molecule has 0 heterocycles. The molecule has 0 bridgehead atoms. The molecular formula is C5H9NO3S2. The first-order valence-electron chi connectivity index (χ1n) is 2.65. The van der Waals surface area contributed by atoms with Crippen LogP contribution in [0, 0.1) is 0 Å². The first kappa shape index (κ1) is 10.7. The lowest BCUT2D eigenvalue weighted by atomic mass is 10.6. The largest absolute Gasteiger partial charge is 0.304 e. The Morgan fingerprint density at radius 3 is 2.55 bits per heavy atom. The standard InChI is InChI=1S/C5H9NO3S2/c1-3-5(10-2)6-4-11(7,8)9/h3-5H,1H2,2H3,(H,7,8,9). The van der Waals surface area contributed by atoms with Gasteiger partial charge in [0.25, 0.3) is 0 Å². The van der Waals surface area contributed by atoms with Crippen LogP contribution in [0.25, 0.3) is 0 Å². The summed E-state index contributed by atoms with van der Waals surface area (Å²) in [6, 6.07) is 0. The summed E-state index contributed by atoms with van der Waals surface area (Å²) in [7, 11) is -4.09. The van der Waals surface area contributed by atoms with Crippen LogP contribution in [0.15, 0.2) is 17.6 Å². The molecule has 11 heavy (non-hydrogen) atoms. The predicted molar refractivity (Wildman–Crippen MR) is 47.5 cm³/mol. The molecule has 0 saturated carbocycles. The van der Waals surface area contributed by atoms with Gasteiger partial charge in [-0.2, -0.15) is 8.42 Å². The van der Waals surface area contributed by atoms with Crippen molar-refractivity contribution in [1.29, 1.82) is 0 Å².